The Hall–Kier alpha value is -1.39. The molecule has 5 heteroatoms. The van der Waals surface area contributed by atoms with Gasteiger partial charge >= 0.3 is 6.36 Å². The number of hydrogen-bond donors (Lipinski definition) is 0. The highest BCUT2D eigenvalue weighted by molar-refractivity contribution is 5.42. The van der Waals surface area contributed by atoms with Crippen molar-refractivity contribution in [3.8, 4) is 11.5 Å². The molecule has 2 nitrogen and oxygen atoms in total. The average molecular weight is 219 g/mol. The Bertz CT molecular complexity index is 334. The lowest BCUT2D eigenvalue weighted by Gasteiger charge is -2.12. The summed E-state index contributed by atoms with van der Waals surface area (Å²) in [5.74, 6) is 0.156. The summed E-state index contributed by atoms with van der Waals surface area (Å²) < 4.78 is 44.5. The fourth-order valence-corrected chi connectivity index (χ4v) is 1.04. The number of alkyl halides is 3. The molecule has 0 fully saturated rings. The Morgan fingerprint density at radius 1 is 1.33 bits per heavy atom. The van der Waals surface area contributed by atoms with E-state index < -0.39 is 6.36 Å². The molecule has 83 valence electrons. The molecule has 0 heterocycles. The summed E-state index contributed by atoms with van der Waals surface area (Å²) in [6, 6.07) is 3.98. The average Bonchev–Trinajstić information content (AvgIpc) is 2.08. The molecule has 0 saturated heterocycles. The maximum absolute atomic E-state index is 11.9. The third-order valence-corrected chi connectivity index (χ3v) is 1.57. The van der Waals surface area contributed by atoms with Crippen LogP contribution in [0.3, 0.4) is 0 Å². The zero-order valence-corrected chi connectivity index (χ0v) is 8.10. The Morgan fingerprint density at radius 3 is 2.47 bits per heavy atom. The molecule has 0 atom stereocenters. The molecule has 15 heavy (non-hydrogen) atoms. The molecule has 0 amide bonds. The summed E-state index contributed by atoms with van der Waals surface area (Å²) in [5.41, 5.74) is 0.137. The van der Waals surface area contributed by atoms with Gasteiger partial charge in [-0.2, -0.15) is 0 Å². The minimum atomic E-state index is -4.69. The van der Waals surface area contributed by atoms with Crippen LogP contribution in [0.1, 0.15) is 12.5 Å². The number of halogens is 3. The van der Waals surface area contributed by atoms with Gasteiger partial charge in [0.15, 0.2) is 0 Å². The standard InChI is InChI=1S/C10H10F3O2/c1-3-14-8-4-5-9(7(2)6-8)15-10(11,12)13/h4-6H,2-3H2,1H3. The van der Waals surface area contributed by atoms with Crippen molar-refractivity contribution in [1.29, 1.82) is 0 Å². The lowest BCUT2D eigenvalue weighted by Crippen LogP contribution is -2.17. The van der Waals surface area contributed by atoms with Gasteiger partial charge in [0.05, 0.1) is 6.61 Å². The summed E-state index contributed by atoms with van der Waals surface area (Å²) in [6.07, 6.45) is -4.69. The van der Waals surface area contributed by atoms with Gasteiger partial charge in [0, 0.05) is 0 Å². The minimum Gasteiger partial charge on any atom is -0.494 e. The Morgan fingerprint density at radius 2 is 2.00 bits per heavy atom. The van der Waals surface area contributed by atoms with E-state index in [9.17, 15) is 13.2 Å². The van der Waals surface area contributed by atoms with E-state index >= 15 is 0 Å². The summed E-state index contributed by atoms with van der Waals surface area (Å²) in [7, 11) is 0. The number of hydrogen-bond acceptors (Lipinski definition) is 2. The van der Waals surface area contributed by atoms with Crippen molar-refractivity contribution in [2.45, 2.75) is 13.3 Å². The van der Waals surface area contributed by atoms with Crippen LogP contribution >= 0.6 is 0 Å². The van der Waals surface area contributed by atoms with E-state index in [0.717, 1.165) is 0 Å². The molecule has 0 saturated carbocycles. The summed E-state index contributed by atoms with van der Waals surface area (Å²) in [5, 5.41) is 0. The highest BCUT2D eigenvalue weighted by atomic mass is 19.4. The molecule has 0 aromatic heterocycles. The van der Waals surface area contributed by atoms with Crippen molar-refractivity contribution in [3.05, 3.63) is 30.7 Å². The van der Waals surface area contributed by atoms with E-state index in [1.165, 1.54) is 18.2 Å². The molecular weight excluding hydrogens is 209 g/mol. The smallest absolute Gasteiger partial charge is 0.494 e. The van der Waals surface area contributed by atoms with Crippen molar-refractivity contribution < 1.29 is 22.6 Å². The SMILES string of the molecule is [CH2]c1cc(OCC)ccc1OC(F)(F)F. The molecule has 1 aromatic rings. The summed E-state index contributed by atoms with van der Waals surface area (Å²) in [4.78, 5) is 0. The first-order chi connectivity index (χ1) is 6.92. The van der Waals surface area contributed by atoms with Crippen LogP contribution < -0.4 is 9.47 Å². The van der Waals surface area contributed by atoms with Crippen molar-refractivity contribution in [1.82, 2.24) is 0 Å². The molecule has 0 aliphatic heterocycles. The van der Waals surface area contributed by atoms with Crippen LogP contribution in [0.5, 0.6) is 11.5 Å². The van der Waals surface area contributed by atoms with Crippen LogP contribution in [0.25, 0.3) is 0 Å². The maximum Gasteiger partial charge on any atom is 0.573 e. The van der Waals surface area contributed by atoms with Crippen LogP contribution in [-0.2, 0) is 0 Å². The van der Waals surface area contributed by atoms with E-state index in [4.69, 9.17) is 4.74 Å². The predicted octanol–water partition coefficient (Wildman–Crippen LogP) is 3.17. The summed E-state index contributed by atoms with van der Waals surface area (Å²) in [6.45, 7) is 5.67. The van der Waals surface area contributed by atoms with E-state index in [1.54, 1.807) is 6.92 Å². The molecule has 0 spiro atoms. The highest BCUT2D eigenvalue weighted by Gasteiger charge is 2.31. The van der Waals surface area contributed by atoms with E-state index in [0.29, 0.717) is 12.4 Å². The molecule has 0 aliphatic carbocycles. The predicted molar refractivity (Wildman–Crippen MR) is 48.8 cm³/mol. The van der Waals surface area contributed by atoms with E-state index in [2.05, 4.69) is 11.7 Å². The monoisotopic (exact) mass is 219 g/mol. The molecule has 1 rings (SSSR count). The van der Waals surface area contributed by atoms with Gasteiger partial charge in [-0.25, -0.2) is 0 Å². The van der Waals surface area contributed by atoms with Crippen LogP contribution in [-0.4, -0.2) is 13.0 Å². The molecule has 0 aliphatic rings. The van der Waals surface area contributed by atoms with Crippen LogP contribution in [0.15, 0.2) is 18.2 Å². The number of benzene rings is 1. The Labute approximate surface area is 85.6 Å². The van der Waals surface area contributed by atoms with Crippen molar-refractivity contribution in [3.63, 3.8) is 0 Å². The van der Waals surface area contributed by atoms with Crippen LogP contribution in [0.2, 0.25) is 0 Å². The Balaban J connectivity index is 2.84. The van der Waals surface area contributed by atoms with Gasteiger partial charge in [0.25, 0.3) is 0 Å². The van der Waals surface area contributed by atoms with Crippen LogP contribution in [0.4, 0.5) is 13.2 Å². The lowest BCUT2D eigenvalue weighted by molar-refractivity contribution is -0.274. The fourth-order valence-electron chi connectivity index (χ4n) is 1.04. The van der Waals surface area contributed by atoms with E-state index in [1.807, 2.05) is 0 Å². The fraction of sp³-hybridized carbons (Fsp3) is 0.300. The maximum atomic E-state index is 11.9. The zero-order chi connectivity index (χ0) is 11.5. The third-order valence-electron chi connectivity index (χ3n) is 1.57. The largest absolute Gasteiger partial charge is 0.573 e. The van der Waals surface area contributed by atoms with Gasteiger partial charge in [-0.3, -0.25) is 0 Å². The third kappa shape index (κ3) is 3.69. The topological polar surface area (TPSA) is 18.5 Å². The molecule has 1 aromatic carbocycles. The van der Waals surface area contributed by atoms with Crippen molar-refractivity contribution >= 4 is 0 Å². The second kappa shape index (κ2) is 4.42. The van der Waals surface area contributed by atoms with Gasteiger partial charge < -0.3 is 9.47 Å². The second-order valence-corrected chi connectivity index (χ2v) is 2.75. The van der Waals surface area contributed by atoms with Gasteiger partial charge in [-0.1, -0.05) is 0 Å². The van der Waals surface area contributed by atoms with Crippen LogP contribution in [0, 0.1) is 6.92 Å². The molecule has 0 unspecified atom stereocenters. The molecule has 0 bridgehead atoms. The Kier molecular flexibility index (Phi) is 3.44. The van der Waals surface area contributed by atoms with Gasteiger partial charge in [-0.15, -0.1) is 13.2 Å². The first kappa shape index (κ1) is 11.7. The molecule has 1 radical (unpaired) electrons. The van der Waals surface area contributed by atoms with Crippen molar-refractivity contribution in [2.24, 2.45) is 0 Å². The number of rotatable bonds is 3. The highest BCUT2D eigenvalue weighted by Crippen LogP contribution is 2.28. The van der Waals surface area contributed by atoms with Gasteiger partial charge in [0.2, 0.25) is 0 Å². The van der Waals surface area contributed by atoms with Gasteiger partial charge in [0.1, 0.15) is 11.5 Å². The lowest BCUT2D eigenvalue weighted by atomic mass is 10.2. The number of ether oxygens (including phenoxy) is 2. The zero-order valence-electron chi connectivity index (χ0n) is 8.10. The second-order valence-electron chi connectivity index (χ2n) is 2.75. The first-order valence-corrected chi connectivity index (χ1v) is 4.27. The van der Waals surface area contributed by atoms with E-state index in [-0.39, 0.29) is 11.3 Å². The first-order valence-electron chi connectivity index (χ1n) is 4.27. The summed E-state index contributed by atoms with van der Waals surface area (Å²) >= 11 is 0. The molecular formula is C10H10F3O2. The normalized spacial score (nSPS) is 11.3. The quantitative estimate of drug-likeness (QED) is 0.777. The van der Waals surface area contributed by atoms with Crippen molar-refractivity contribution in [2.75, 3.05) is 6.61 Å². The minimum absolute atomic E-state index is 0.137. The van der Waals surface area contributed by atoms with Gasteiger partial charge in [-0.05, 0) is 37.6 Å². The molecule has 0 N–H and O–H groups in total.